The molecule has 2 atom stereocenters. The molecule has 8 nitrogen and oxygen atoms in total. The third-order valence-electron chi connectivity index (χ3n) is 5.59. The monoisotopic (exact) mass is 585 g/mol. The minimum atomic E-state index is -3.88. The molecule has 174 valence electrons. The number of sulfonamides is 1. The molecule has 0 radical (unpaired) electrons. The van der Waals surface area contributed by atoms with Gasteiger partial charge in [0.2, 0.25) is 10.0 Å². The van der Waals surface area contributed by atoms with E-state index in [4.69, 9.17) is 0 Å². The number of aromatic nitrogens is 1. The van der Waals surface area contributed by atoms with Gasteiger partial charge in [0.25, 0.3) is 5.56 Å². The van der Waals surface area contributed by atoms with Crippen molar-refractivity contribution in [1.82, 2.24) is 4.57 Å². The summed E-state index contributed by atoms with van der Waals surface area (Å²) >= 11 is 1.97. The number of anilines is 3. The molecule has 3 aromatic rings. The number of phenols is 2. The fourth-order valence-electron chi connectivity index (χ4n) is 3.71. The number of aryl methyl sites for hydroxylation is 1. The molecule has 1 aromatic heterocycles. The van der Waals surface area contributed by atoms with Gasteiger partial charge in [0.15, 0.2) is 11.5 Å². The van der Waals surface area contributed by atoms with E-state index in [-0.39, 0.29) is 40.2 Å². The van der Waals surface area contributed by atoms with Gasteiger partial charge in [-0.1, -0.05) is 6.07 Å². The van der Waals surface area contributed by atoms with Gasteiger partial charge in [0.05, 0.1) is 16.6 Å². The topological polar surface area (TPSA) is 121 Å². The molecule has 2 unspecified atom stereocenters. The van der Waals surface area contributed by atoms with Crippen molar-refractivity contribution in [2.45, 2.75) is 24.5 Å². The molecular weight excluding hydrogens is 564 g/mol. The highest BCUT2D eigenvalue weighted by molar-refractivity contribution is 14.1. The van der Waals surface area contributed by atoms with E-state index in [1.54, 1.807) is 19.1 Å². The van der Waals surface area contributed by atoms with Crippen molar-refractivity contribution in [3.8, 4) is 11.5 Å². The van der Waals surface area contributed by atoms with Crippen molar-refractivity contribution in [2.75, 3.05) is 10.0 Å². The maximum Gasteiger partial charge on any atom is 0.254 e. The lowest BCUT2D eigenvalue weighted by molar-refractivity contribution is 0.403. The van der Waals surface area contributed by atoms with Gasteiger partial charge >= 0.3 is 0 Å². The number of nitrogens with one attached hydrogen (secondary N) is 2. The van der Waals surface area contributed by atoms with Crippen LogP contribution in [0, 0.1) is 16.3 Å². The van der Waals surface area contributed by atoms with Gasteiger partial charge in [-0.15, -0.1) is 0 Å². The lowest BCUT2D eigenvalue weighted by atomic mass is 10.1. The zero-order valence-corrected chi connectivity index (χ0v) is 20.6. The smallest absolute Gasteiger partial charge is 0.254 e. The molecule has 1 aliphatic rings. The highest BCUT2D eigenvalue weighted by atomic mass is 127. The van der Waals surface area contributed by atoms with E-state index in [0.29, 0.717) is 21.1 Å². The fourth-order valence-corrected chi connectivity index (χ4v) is 5.82. The Bertz CT molecular complexity index is 1420. The summed E-state index contributed by atoms with van der Waals surface area (Å²) in [5.74, 6) is -1.39. The second kappa shape index (κ2) is 8.52. The first-order valence-electron chi connectivity index (χ1n) is 9.94. The van der Waals surface area contributed by atoms with Gasteiger partial charge in [-0.2, -0.15) is 0 Å². The third-order valence-corrected chi connectivity index (χ3v) is 8.08. The van der Waals surface area contributed by atoms with E-state index in [0.717, 1.165) is 0 Å². The molecule has 2 aromatic carbocycles. The van der Waals surface area contributed by atoms with Gasteiger partial charge < -0.3 is 15.5 Å². The second-order valence-corrected chi connectivity index (χ2v) is 11.1. The summed E-state index contributed by atoms with van der Waals surface area (Å²) in [6, 6.07) is 10.2. The molecule has 0 amide bonds. The quantitative estimate of drug-likeness (QED) is 0.258. The van der Waals surface area contributed by atoms with Crippen molar-refractivity contribution in [1.29, 1.82) is 0 Å². The first-order chi connectivity index (χ1) is 15.5. The fraction of sp³-hybridized carbons (Fsp3) is 0.227. The van der Waals surface area contributed by atoms with Gasteiger partial charge in [0.1, 0.15) is 11.6 Å². The summed E-state index contributed by atoms with van der Waals surface area (Å²) in [5, 5.41) is 21.3. The number of hydrogen-bond donors (Lipinski definition) is 4. The summed E-state index contributed by atoms with van der Waals surface area (Å²) < 4.78 is 45.1. The predicted octanol–water partition coefficient (Wildman–Crippen LogP) is 3.89. The third kappa shape index (κ3) is 4.64. The first kappa shape index (κ1) is 23.4. The van der Waals surface area contributed by atoms with Gasteiger partial charge in [0, 0.05) is 22.1 Å². The second-order valence-electron chi connectivity index (χ2n) is 7.98. The molecule has 0 spiro atoms. The highest BCUT2D eigenvalue weighted by Crippen LogP contribution is 2.48. The van der Waals surface area contributed by atoms with Crippen molar-refractivity contribution >= 4 is 49.8 Å². The summed E-state index contributed by atoms with van der Waals surface area (Å²) in [4.78, 5) is 12.5. The Morgan fingerprint density at radius 3 is 2.48 bits per heavy atom. The van der Waals surface area contributed by atoms with Crippen molar-refractivity contribution in [2.24, 2.45) is 7.05 Å². The maximum absolute atomic E-state index is 14.4. The van der Waals surface area contributed by atoms with E-state index in [9.17, 15) is 27.8 Å². The number of benzene rings is 2. The summed E-state index contributed by atoms with van der Waals surface area (Å²) in [7, 11) is -2.41. The minimum absolute atomic E-state index is 0.0959. The summed E-state index contributed by atoms with van der Waals surface area (Å²) in [6.45, 7) is 1.56. The number of halogens is 2. The molecule has 0 aliphatic heterocycles. The number of hydrogen-bond acceptors (Lipinski definition) is 6. The molecule has 0 saturated heterocycles. The van der Waals surface area contributed by atoms with Crippen LogP contribution in [0.3, 0.4) is 0 Å². The number of aromatic hydroxyl groups is 2. The Morgan fingerprint density at radius 1 is 1.09 bits per heavy atom. The Morgan fingerprint density at radius 2 is 1.82 bits per heavy atom. The van der Waals surface area contributed by atoms with Crippen LogP contribution in [0.5, 0.6) is 11.5 Å². The molecule has 0 bridgehead atoms. The van der Waals surface area contributed by atoms with E-state index in [1.807, 2.05) is 22.6 Å². The molecule has 4 rings (SSSR count). The molecule has 4 N–H and O–H groups in total. The van der Waals surface area contributed by atoms with E-state index in [1.165, 1.54) is 41.9 Å². The van der Waals surface area contributed by atoms with Gasteiger partial charge in [-0.3, -0.25) is 14.1 Å². The first-order valence-corrected chi connectivity index (χ1v) is 12.6. The lowest BCUT2D eigenvalue weighted by Gasteiger charge is -2.19. The molecule has 33 heavy (non-hydrogen) atoms. The number of nitrogens with zero attached hydrogens (tertiary/aromatic N) is 1. The van der Waals surface area contributed by atoms with Crippen molar-refractivity contribution in [3.63, 3.8) is 0 Å². The van der Waals surface area contributed by atoms with E-state index < -0.39 is 21.1 Å². The molecule has 11 heteroatoms. The van der Waals surface area contributed by atoms with Gasteiger partial charge in [-0.25, -0.2) is 12.8 Å². The van der Waals surface area contributed by atoms with Crippen molar-refractivity contribution in [3.05, 3.63) is 73.3 Å². The molecule has 1 saturated carbocycles. The van der Waals surface area contributed by atoms with Crippen LogP contribution in [-0.2, 0) is 17.1 Å². The SMILES string of the molecule is Cc1cc(NS(=O)(=O)C2CC2c2ccc(O)c(O)c2)c(Nc2ccc(I)cc2F)n(C)c1=O. The van der Waals surface area contributed by atoms with Crippen LogP contribution in [0.1, 0.15) is 23.5 Å². The molecule has 1 heterocycles. The van der Waals surface area contributed by atoms with E-state index in [2.05, 4.69) is 10.0 Å². The molecular formula is C22H21FIN3O5S. The molecule has 1 aliphatic carbocycles. The van der Waals surface area contributed by atoms with Crippen LogP contribution >= 0.6 is 22.6 Å². The zero-order valence-electron chi connectivity index (χ0n) is 17.6. The Labute approximate surface area is 203 Å². The van der Waals surface area contributed by atoms with Crippen LogP contribution in [0.2, 0.25) is 0 Å². The zero-order chi connectivity index (χ0) is 24.1. The van der Waals surface area contributed by atoms with Crippen molar-refractivity contribution < 1.29 is 23.0 Å². The van der Waals surface area contributed by atoms with Crippen LogP contribution in [-0.4, -0.2) is 28.4 Å². The normalized spacial score (nSPS) is 17.6. The maximum atomic E-state index is 14.4. The average Bonchev–Trinajstić information content (AvgIpc) is 3.54. The number of phenolic OH excluding ortho intramolecular Hbond substituents is 2. The van der Waals surface area contributed by atoms with Gasteiger partial charge in [-0.05, 0) is 77.9 Å². The highest BCUT2D eigenvalue weighted by Gasteiger charge is 2.48. The number of pyridine rings is 1. The molecule has 1 fully saturated rings. The van der Waals surface area contributed by atoms with Crippen LogP contribution < -0.4 is 15.6 Å². The van der Waals surface area contributed by atoms with Crippen LogP contribution in [0.15, 0.2) is 47.3 Å². The Balaban J connectivity index is 1.66. The van der Waals surface area contributed by atoms with Crippen LogP contribution in [0.4, 0.5) is 21.6 Å². The Kier molecular flexibility index (Phi) is 6.03. The summed E-state index contributed by atoms with van der Waals surface area (Å²) in [6.07, 6.45) is 0.332. The largest absolute Gasteiger partial charge is 0.504 e. The average molecular weight is 585 g/mol. The Hall–Kier alpha value is -2.80. The lowest BCUT2D eigenvalue weighted by Crippen LogP contribution is -2.26. The summed E-state index contributed by atoms with van der Waals surface area (Å²) in [5.41, 5.74) is 0.775. The predicted molar refractivity (Wildman–Crippen MR) is 132 cm³/mol. The van der Waals surface area contributed by atoms with Crippen LogP contribution in [0.25, 0.3) is 0 Å². The minimum Gasteiger partial charge on any atom is -0.504 e. The standard InChI is InChI=1S/C22H21FIN3O5S/c1-11-7-17(21(27(2)22(11)30)25-16-5-4-13(24)9-15(16)23)26-33(31,32)20-10-14(20)12-3-6-18(28)19(29)8-12/h3-9,14,20,25-26,28-29H,10H2,1-2H3. The number of rotatable bonds is 6. The van der Waals surface area contributed by atoms with E-state index >= 15 is 0 Å².